The topological polar surface area (TPSA) is 77.0 Å². The summed E-state index contributed by atoms with van der Waals surface area (Å²) in [7, 11) is 0. The Morgan fingerprint density at radius 3 is 2.43 bits per heavy atom. The first-order valence-electron chi connectivity index (χ1n) is 6.97. The first-order chi connectivity index (χ1) is 11.1. The summed E-state index contributed by atoms with van der Waals surface area (Å²) in [6.07, 6.45) is 3.51. The average molecular weight is 327 g/mol. The molecule has 0 aliphatic carbocycles. The van der Waals surface area contributed by atoms with E-state index in [4.69, 9.17) is 11.6 Å². The van der Waals surface area contributed by atoms with Crippen LogP contribution in [0.1, 0.15) is 17.5 Å². The highest BCUT2D eigenvalue weighted by Crippen LogP contribution is 2.36. The maximum Gasteiger partial charge on any atom is 0.296 e. The van der Waals surface area contributed by atoms with E-state index in [0.717, 1.165) is 5.56 Å². The van der Waals surface area contributed by atoms with Crippen molar-refractivity contribution in [1.82, 2.24) is 5.32 Å². The number of rotatable bonds is 2. The van der Waals surface area contributed by atoms with Crippen LogP contribution in [0, 0.1) is 11.3 Å². The lowest BCUT2D eigenvalue weighted by molar-refractivity contribution is -0.711. The number of carbonyl (C=O) groups is 1. The van der Waals surface area contributed by atoms with Crippen molar-refractivity contribution in [3.63, 3.8) is 0 Å². The van der Waals surface area contributed by atoms with Gasteiger partial charge in [0.15, 0.2) is 12.4 Å². The van der Waals surface area contributed by atoms with E-state index in [9.17, 15) is 15.2 Å². The van der Waals surface area contributed by atoms with Crippen molar-refractivity contribution in [2.45, 2.75) is 12.0 Å². The molecule has 2 atom stereocenters. The summed E-state index contributed by atoms with van der Waals surface area (Å²) in [5, 5.41) is 22.4. The summed E-state index contributed by atoms with van der Waals surface area (Å²) in [5.41, 5.74) is 0.849. The number of hydrogen-bond donors (Lipinski definition) is 2. The lowest BCUT2D eigenvalue weighted by Gasteiger charge is -2.27. The Morgan fingerprint density at radius 2 is 1.83 bits per heavy atom. The summed E-state index contributed by atoms with van der Waals surface area (Å²) in [4.78, 5) is 12.5. The molecule has 1 amide bonds. The van der Waals surface area contributed by atoms with E-state index in [1.807, 2.05) is 12.1 Å². The van der Waals surface area contributed by atoms with Crippen molar-refractivity contribution < 1.29 is 14.5 Å². The fourth-order valence-corrected chi connectivity index (χ4v) is 2.89. The van der Waals surface area contributed by atoms with Gasteiger partial charge in [0.25, 0.3) is 5.91 Å². The van der Waals surface area contributed by atoms with Gasteiger partial charge in [0.05, 0.1) is 5.92 Å². The third-order valence-corrected chi connectivity index (χ3v) is 4.05. The second-order valence-electron chi connectivity index (χ2n) is 5.16. The lowest BCUT2D eigenvalue weighted by atomic mass is 9.82. The molecule has 0 fully saturated rings. The molecule has 1 aliphatic rings. The summed E-state index contributed by atoms with van der Waals surface area (Å²) in [6, 6.07) is 13.7. The van der Waals surface area contributed by atoms with Crippen molar-refractivity contribution in [3.05, 3.63) is 76.9 Å². The molecule has 0 bridgehead atoms. The zero-order valence-electron chi connectivity index (χ0n) is 12.0. The minimum atomic E-state index is -0.678. The Hall–Kier alpha value is -2.84. The van der Waals surface area contributed by atoms with Crippen LogP contribution in [0.4, 0.5) is 0 Å². The normalized spacial score (nSPS) is 20.8. The molecule has 23 heavy (non-hydrogen) atoms. The molecule has 2 N–H and O–H groups in total. The number of nitriles is 1. The summed E-state index contributed by atoms with van der Waals surface area (Å²) >= 11 is 5.92. The van der Waals surface area contributed by atoms with Crippen molar-refractivity contribution in [1.29, 1.82) is 5.26 Å². The Kier molecular flexibility index (Phi) is 4.00. The predicted molar refractivity (Wildman–Crippen MR) is 83.3 cm³/mol. The molecule has 0 saturated carbocycles. The number of pyridine rings is 1. The third kappa shape index (κ3) is 2.77. The van der Waals surface area contributed by atoms with Crippen molar-refractivity contribution in [3.8, 4) is 6.07 Å². The quantitative estimate of drug-likeness (QED) is 0.832. The van der Waals surface area contributed by atoms with Gasteiger partial charge >= 0.3 is 0 Å². The molecule has 0 spiro atoms. The predicted octanol–water partition coefficient (Wildman–Crippen LogP) is 2.38. The fraction of sp³-hybridized carbons (Fsp3) is 0.118. The van der Waals surface area contributed by atoms with Gasteiger partial charge in [-0.1, -0.05) is 29.8 Å². The van der Waals surface area contributed by atoms with E-state index in [2.05, 4.69) is 5.32 Å². The number of nitrogens with one attached hydrogen (secondary N) is 1. The molecule has 1 aliphatic heterocycles. The SMILES string of the molecule is N#CC1=C(O)NC(=O)[C@@H]([n+]2ccccc2)[C@H]1c1ccc(Cl)cc1. The van der Waals surface area contributed by atoms with Crippen LogP contribution < -0.4 is 9.88 Å². The molecular formula is C17H13ClN3O2+. The highest BCUT2D eigenvalue weighted by molar-refractivity contribution is 6.30. The van der Waals surface area contributed by atoms with Crippen LogP contribution >= 0.6 is 11.6 Å². The molecule has 0 radical (unpaired) electrons. The van der Waals surface area contributed by atoms with E-state index in [1.54, 1.807) is 53.4 Å². The second-order valence-corrected chi connectivity index (χ2v) is 5.60. The minimum absolute atomic E-state index is 0.119. The zero-order valence-corrected chi connectivity index (χ0v) is 12.7. The van der Waals surface area contributed by atoms with Gasteiger partial charge in [-0.25, -0.2) is 0 Å². The van der Waals surface area contributed by atoms with Crippen LogP contribution in [0.5, 0.6) is 0 Å². The molecule has 3 rings (SSSR count). The number of benzene rings is 1. The highest BCUT2D eigenvalue weighted by Gasteiger charge is 2.45. The molecule has 1 aromatic carbocycles. The number of amides is 1. The smallest absolute Gasteiger partial charge is 0.296 e. The number of allylic oxidation sites excluding steroid dienone is 1. The fourth-order valence-electron chi connectivity index (χ4n) is 2.76. The number of aromatic nitrogens is 1. The lowest BCUT2D eigenvalue weighted by Crippen LogP contribution is -2.53. The number of nitrogens with zero attached hydrogens (tertiary/aromatic N) is 2. The number of aliphatic hydroxyl groups is 1. The first-order valence-corrected chi connectivity index (χ1v) is 7.35. The van der Waals surface area contributed by atoms with Gasteiger partial charge in [0.2, 0.25) is 11.9 Å². The molecule has 114 valence electrons. The van der Waals surface area contributed by atoms with Gasteiger partial charge in [-0.15, -0.1) is 0 Å². The van der Waals surface area contributed by atoms with Gasteiger partial charge in [-0.05, 0) is 17.7 Å². The highest BCUT2D eigenvalue weighted by atomic mass is 35.5. The van der Waals surface area contributed by atoms with Crippen LogP contribution in [-0.2, 0) is 4.79 Å². The summed E-state index contributed by atoms with van der Waals surface area (Å²) in [6.45, 7) is 0. The van der Waals surface area contributed by atoms with Gasteiger partial charge in [-0.3, -0.25) is 10.1 Å². The molecule has 2 aromatic rings. The summed E-state index contributed by atoms with van der Waals surface area (Å²) < 4.78 is 1.72. The second kappa shape index (κ2) is 6.11. The van der Waals surface area contributed by atoms with E-state index in [1.165, 1.54) is 0 Å². The molecule has 5 nitrogen and oxygen atoms in total. The number of halogens is 1. The van der Waals surface area contributed by atoms with Crippen LogP contribution in [0.2, 0.25) is 5.02 Å². The third-order valence-electron chi connectivity index (χ3n) is 3.80. The number of aliphatic hydroxyl groups excluding tert-OH is 1. The minimum Gasteiger partial charge on any atom is -0.494 e. The van der Waals surface area contributed by atoms with Crippen LogP contribution in [-0.4, -0.2) is 11.0 Å². The van der Waals surface area contributed by atoms with Gasteiger partial charge in [0.1, 0.15) is 11.6 Å². The van der Waals surface area contributed by atoms with Crippen LogP contribution in [0.25, 0.3) is 0 Å². The largest absolute Gasteiger partial charge is 0.494 e. The zero-order chi connectivity index (χ0) is 16.4. The van der Waals surface area contributed by atoms with Crippen molar-refractivity contribution >= 4 is 17.5 Å². The van der Waals surface area contributed by atoms with Crippen LogP contribution in [0.3, 0.4) is 0 Å². The average Bonchev–Trinajstić information content (AvgIpc) is 2.56. The van der Waals surface area contributed by atoms with E-state index in [-0.39, 0.29) is 11.5 Å². The summed E-state index contributed by atoms with van der Waals surface area (Å²) in [5.74, 6) is -1.37. The Labute approximate surface area is 138 Å². The number of hydrogen-bond acceptors (Lipinski definition) is 3. The Morgan fingerprint density at radius 1 is 1.17 bits per heavy atom. The van der Waals surface area contributed by atoms with Crippen molar-refractivity contribution in [2.75, 3.05) is 0 Å². The molecular weight excluding hydrogens is 314 g/mol. The Bertz CT molecular complexity index is 810. The molecule has 1 aromatic heterocycles. The molecule has 0 unspecified atom stereocenters. The van der Waals surface area contributed by atoms with Gasteiger partial charge < -0.3 is 5.11 Å². The Balaban J connectivity index is 2.18. The first kappa shape index (κ1) is 15.1. The number of carbonyl (C=O) groups excluding carboxylic acids is 1. The monoisotopic (exact) mass is 326 g/mol. The molecule has 0 saturated heterocycles. The van der Waals surface area contributed by atoms with Gasteiger partial charge in [0, 0.05) is 17.2 Å². The maximum atomic E-state index is 12.5. The van der Waals surface area contributed by atoms with Crippen LogP contribution in [0.15, 0.2) is 66.3 Å². The molecule has 2 heterocycles. The molecule has 6 heteroatoms. The maximum absolute atomic E-state index is 12.5. The van der Waals surface area contributed by atoms with E-state index >= 15 is 0 Å². The van der Waals surface area contributed by atoms with Crippen molar-refractivity contribution in [2.24, 2.45) is 0 Å². The van der Waals surface area contributed by atoms with Gasteiger partial charge in [-0.2, -0.15) is 9.83 Å². The van der Waals surface area contributed by atoms with E-state index in [0.29, 0.717) is 5.02 Å². The van der Waals surface area contributed by atoms with E-state index < -0.39 is 17.8 Å². The standard InChI is InChI=1S/C17H12ClN3O2/c18-12-6-4-11(5-7-12)14-13(10-19)16(22)20-17(23)15(14)21-8-2-1-3-9-21/h1-9,14-15H,(H-,20,22,23)/p+1/t14-,15-/m0/s1.